The monoisotopic (exact) mass is 321 g/mol. The summed E-state index contributed by atoms with van der Waals surface area (Å²) in [5.41, 5.74) is 6.81. The summed E-state index contributed by atoms with van der Waals surface area (Å²) in [6.45, 7) is 1.80. The number of nitrogens with one attached hydrogen (secondary N) is 2. The fourth-order valence-electron chi connectivity index (χ4n) is 2.40. The standard InChI is InChI=1S/C18H15N3O3/c1-11-9-15(14-7-2-3-8-16(14)19-11)18(24)21-20-17(23)12-5-4-6-13(22)10-12/h2-10,22H,1H3,(H,20,23)(H,21,24). The summed E-state index contributed by atoms with van der Waals surface area (Å²) < 4.78 is 0. The number of hydrogen-bond acceptors (Lipinski definition) is 4. The van der Waals surface area contributed by atoms with Crippen LogP contribution in [0.25, 0.3) is 10.9 Å². The molecule has 1 heterocycles. The third kappa shape index (κ3) is 3.17. The van der Waals surface area contributed by atoms with Gasteiger partial charge in [0.15, 0.2) is 0 Å². The lowest BCUT2D eigenvalue weighted by molar-refractivity contribution is 0.0847. The van der Waals surface area contributed by atoms with Gasteiger partial charge in [-0.05, 0) is 37.3 Å². The second-order valence-corrected chi connectivity index (χ2v) is 5.29. The lowest BCUT2D eigenvalue weighted by Crippen LogP contribution is -2.41. The molecule has 1 aromatic heterocycles. The molecule has 2 aromatic carbocycles. The molecular formula is C18H15N3O3. The highest BCUT2D eigenvalue weighted by molar-refractivity contribution is 6.07. The number of amides is 2. The molecule has 0 spiro atoms. The third-order valence-corrected chi connectivity index (χ3v) is 3.49. The van der Waals surface area contributed by atoms with Gasteiger partial charge in [0.1, 0.15) is 5.75 Å². The van der Waals surface area contributed by atoms with Gasteiger partial charge < -0.3 is 5.11 Å². The molecule has 24 heavy (non-hydrogen) atoms. The highest BCUT2D eigenvalue weighted by Crippen LogP contribution is 2.18. The zero-order valence-electron chi connectivity index (χ0n) is 12.9. The average Bonchev–Trinajstić information content (AvgIpc) is 2.58. The molecule has 2 amide bonds. The van der Waals surface area contributed by atoms with Crippen LogP contribution in [0.1, 0.15) is 26.4 Å². The predicted octanol–water partition coefficient (Wildman–Crippen LogP) is 2.32. The Balaban J connectivity index is 1.80. The Morgan fingerprint density at radius 2 is 1.71 bits per heavy atom. The Morgan fingerprint density at radius 3 is 2.50 bits per heavy atom. The number of rotatable bonds is 2. The van der Waals surface area contributed by atoms with Crippen molar-refractivity contribution >= 4 is 22.7 Å². The molecule has 0 saturated carbocycles. The smallest absolute Gasteiger partial charge is 0.270 e. The van der Waals surface area contributed by atoms with Gasteiger partial charge in [0, 0.05) is 16.6 Å². The maximum atomic E-state index is 12.4. The molecule has 0 aliphatic heterocycles. The third-order valence-electron chi connectivity index (χ3n) is 3.49. The molecule has 3 aromatic rings. The summed E-state index contributed by atoms with van der Waals surface area (Å²) in [4.78, 5) is 28.8. The molecule has 0 aliphatic rings. The molecule has 3 N–H and O–H groups in total. The van der Waals surface area contributed by atoms with E-state index < -0.39 is 11.8 Å². The Kier molecular flexibility index (Phi) is 4.11. The molecule has 0 atom stereocenters. The van der Waals surface area contributed by atoms with Crippen molar-refractivity contribution in [2.45, 2.75) is 6.92 Å². The summed E-state index contributed by atoms with van der Waals surface area (Å²) in [5, 5.41) is 10.1. The Labute approximate surface area is 138 Å². The van der Waals surface area contributed by atoms with Crippen LogP contribution >= 0.6 is 0 Å². The number of hydrazine groups is 1. The van der Waals surface area contributed by atoms with Crippen molar-refractivity contribution < 1.29 is 14.7 Å². The molecule has 0 fully saturated rings. The van der Waals surface area contributed by atoms with E-state index in [-0.39, 0.29) is 11.3 Å². The number of nitrogens with zero attached hydrogens (tertiary/aromatic N) is 1. The second kappa shape index (κ2) is 6.37. The molecule has 3 rings (SSSR count). The van der Waals surface area contributed by atoms with Crippen LogP contribution in [0.15, 0.2) is 54.6 Å². The number of benzene rings is 2. The summed E-state index contributed by atoms with van der Waals surface area (Å²) >= 11 is 0. The number of carbonyl (C=O) groups excluding carboxylic acids is 2. The quantitative estimate of drug-likeness (QED) is 0.632. The van der Waals surface area contributed by atoms with Crippen LogP contribution in [0.4, 0.5) is 0 Å². The number of phenolic OH excluding ortho intramolecular Hbond substituents is 1. The summed E-state index contributed by atoms with van der Waals surface area (Å²) in [6, 6.07) is 14.8. The van der Waals surface area contributed by atoms with Crippen molar-refractivity contribution in [2.24, 2.45) is 0 Å². The van der Waals surface area contributed by atoms with Crippen LogP contribution < -0.4 is 10.9 Å². The number of phenols is 1. The van der Waals surface area contributed by atoms with Crippen LogP contribution in [0.2, 0.25) is 0 Å². The van der Waals surface area contributed by atoms with Crippen LogP contribution in [-0.4, -0.2) is 21.9 Å². The molecule has 6 nitrogen and oxygen atoms in total. The molecule has 0 unspecified atom stereocenters. The minimum absolute atomic E-state index is 0.0234. The number of para-hydroxylation sites is 1. The van der Waals surface area contributed by atoms with Crippen LogP contribution in [-0.2, 0) is 0 Å². The number of aryl methyl sites for hydroxylation is 1. The first-order chi connectivity index (χ1) is 11.5. The fraction of sp³-hybridized carbons (Fsp3) is 0.0556. The van der Waals surface area contributed by atoms with Gasteiger partial charge in [-0.1, -0.05) is 24.3 Å². The number of carbonyl (C=O) groups is 2. The number of aromatic hydroxyl groups is 1. The van der Waals surface area contributed by atoms with E-state index in [9.17, 15) is 14.7 Å². The van der Waals surface area contributed by atoms with Gasteiger partial charge in [-0.2, -0.15) is 0 Å². The lowest BCUT2D eigenvalue weighted by atomic mass is 10.1. The summed E-state index contributed by atoms with van der Waals surface area (Å²) in [5.74, 6) is -0.982. The molecule has 120 valence electrons. The van der Waals surface area contributed by atoms with Gasteiger partial charge in [0.05, 0.1) is 11.1 Å². The highest BCUT2D eigenvalue weighted by atomic mass is 16.3. The van der Waals surface area contributed by atoms with E-state index in [2.05, 4.69) is 15.8 Å². The Morgan fingerprint density at radius 1 is 0.958 bits per heavy atom. The molecule has 0 saturated heterocycles. The van der Waals surface area contributed by atoms with E-state index in [1.165, 1.54) is 18.2 Å². The van der Waals surface area contributed by atoms with Gasteiger partial charge in [-0.25, -0.2) is 0 Å². The van der Waals surface area contributed by atoms with Gasteiger partial charge in [-0.15, -0.1) is 0 Å². The normalized spacial score (nSPS) is 10.4. The number of aromatic nitrogens is 1. The molecule has 0 bridgehead atoms. The van der Waals surface area contributed by atoms with E-state index in [1.807, 2.05) is 18.2 Å². The average molecular weight is 321 g/mol. The second-order valence-electron chi connectivity index (χ2n) is 5.29. The number of fused-ring (bicyclic) bond motifs is 1. The van der Waals surface area contributed by atoms with Gasteiger partial charge in [0.2, 0.25) is 0 Å². The zero-order valence-corrected chi connectivity index (χ0v) is 12.9. The van der Waals surface area contributed by atoms with Crippen molar-refractivity contribution in [3.63, 3.8) is 0 Å². The molecular weight excluding hydrogens is 306 g/mol. The topological polar surface area (TPSA) is 91.3 Å². The molecule has 0 radical (unpaired) electrons. The van der Waals surface area contributed by atoms with Crippen molar-refractivity contribution in [3.8, 4) is 5.75 Å². The first-order valence-electron chi connectivity index (χ1n) is 7.31. The first-order valence-corrected chi connectivity index (χ1v) is 7.31. The first kappa shape index (κ1) is 15.5. The molecule has 6 heteroatoms. The van der Waals surface area contributed by atoms with Crippen molar-refractivity contribution in [1.82, 2.24) is 15.8 Å². The summed E-state index contributed by atoms with van der Waals surface area (Å²) in [6.07, 6.45) is 0. The van der Waals surface area contributed by atoms with Crippen molar-refractivity contribution in [2.75, 3.05) is 0 Å². The number of hydrogen-bond donors (Lipinski definition) is 3. The van der Waals surface area contributed by atoms with E-state index in [0.29, 0.717) is 22.2 Å². The molecule has 0 aliphatic carbocycles. The Hall–Kier alpha value is -3.41. The zero-order chi connectivity index (χ0) is 17.1. The van der Waals surface area contributed by atoms with Crippen molar-refractivity contribution in [3.05, 3.63) is 71.4 Å². The largest absolute Gasteiger partial charge is 0.508 e. The van der Waals surface area contributed by atoms with E-state index in [4.69, 9.17) is 0 Å². The van der Waals surface area contributed by atoms with Crippen LogP contribution in [0.3, 0.4) is 0 Å². The van der Waals surface area contributed by atoms with E-state index in [1.54, 1.807) is 25.1 Å². The van der Waals surface area contributed by atoms with Crippen molar-refractivity contribution in [1.29, 1.82) is 0 Å². The maximum Gasteiger partial charge on any atom is 0.270 e. The SMILES string of the molecule is Cc1cc(C(=O)NNC(=O)c2cccc(O)c2)c2ccccc2n1. The minimum atomic E-state index is -0.519. The van der Waals surface area contributed by atoms with Crippen LogP contribution in [0, 0.1) is 6.92 Å². The fourth-order valence-corrected chi connectivity index (χ4v) is 2.40. The Bertz CT molecular complexity index is 938. The minimum Gasteiger partial charge on any atom is -0.508 e. The maximum absolute atomic E-state index is 12.4. The van der Waals surface area contributed by atoms with Gasteiger partial charge >= 0.3 is 0 Å². The van der Waals surface area contributed by atoms with Gasteiger partial charge in [0.25, 0.3) is 11.8 Å². The summed E-state index contributed by atoms with van der Waals surface area (Å²) in [7, 11) is 0. The van der Waals surface area contributed by atoms with Crippen LogP contribution in [0.5, 0.6) is 5.75 Å². The van der Waals surface area contributed by atoms with Gasteiger partial charge in [-0.3, -0.25) is 25.4 Å². The predicted molar refractivity (Wildman–Crippen MR) is 89.5 cm³/mol. The lowest BCUT2D eigenvalue weighted by Gasteiger charge is -2.10. The van der Waals surface area contributed by atoms with E-state index in [0.717, 1.165) is 0 Å². The number of pyridine rings is 1. The highest BCUT2D eigenvalue weighted by Gasteiger charge is 2.13. The van der Waals surface area contributed by atoms with E-state index >= 15 is 0 Å².